The van der Waals surface area contributed by atoms with Gasteiger partial charge in [0.25, 0.3) is 0 Å². The van der Waals surface area contributed by atoms with Crippen LogP contribution in [0.4, 0.5) is 17.1 Å². The standard InChI is InChI=1S/C24H21N3O3S/c28-22-7-4-8-23(29)27(22)19-13-9-17(10-14-19)25-24(31)26-18-11-15-21(16-12-18)30-20-5-2-1-3-6-20/h1-3,5-6,9-16H,4,7-8H2,(H2,25,26,31). The van der Waals surface area contributed by atoms with Crippen molar-refractivity contribution in [3.8, 4) is 11.5 Å². The Kier molecular flexibility index (Phi) is 6.24. The fourth-order valence-corrected chi connectivity index (χ4v) is 3.50. The number of anilines is 3. The molecule has 1 heterocycles. The van der Waals surface area contributed by atoms with Crippen LogP contribution in [-0.2, 0) is 9.59 Å². The van der Waals surface area contributed by atoms with Gasteiger partial charge in [-0.2, -0.15) is 0 Å². The van der Waals surface area contributed by atoms with E-state index in [1.54, 1.807) is 24.3 Å². The van der Waals surface area contributed by atoms with E-state index in [4.69, 9.17) is 17.0 Å². The van der Waals surface area contributed by atoms with Crippen molar-refractivity contribution in [2.24, 2.45) is 0 Å². The molecule has 1 aliphatic heterocycles. The maximum Gasteiger partial charge on any atom is 0.233 e. The summed E-state index contributed by atoms with van der Waals surface area (Å²) in [5.41, 5.74) is 2.15. The van der Waals surface area contributed by atoms with Crippen LogP contribution in [0.25, 0.3) is 0 Å². The third-order valence-corrected chi connectivity index (χ3v) is 4.96. The lowest BCUT2D eigenvalue weighted by Gasteiger charge is -2.25. The number of rotatable bonds is 5. The number of piperidine rings is 1. The van der Waals surface area contributed by atoms with Gasteiger partial charge >= 0.3 is 0 Å². The normalized spacial score (nSPS) is 13.6. The number of thiocarbonyl (C=S) groups is 1. The van der Waals surface area contributed by atoms with Gasteiger partial charge in [0, 0.05) is 24.2 Å². The Morgan fingerprint density at radius 1 is 0.742 bits per heavy atom. The van der Waals surface area contributed by atoms with Crippen LogP contribution in [0.3, 0.4) is 0 Å². The topological polar surface area (TPSA) is 70.7 Å². The Hall–Kier alpha value is -3.71. The maximum absolute atomic E-state index is 12.0. The average Bonchev–Trinajstić information content (AvgIpc) is 2.77. The number of amides is 2. The molecular weight excluding hydrogens is 410 g/mol. The zero-order valence-corrected chi connectivity index (χ0v) is 17.5. The summed E-state index contributed by atoms with van der Waals surface area (Å²) in [5, 5.41) is 6.64. The van der Waals surface area contributed by atoms with Crippen LogP contribution in [0.1, 0.15) is 19.3 Å². The molecule has 0 saturated carbocycles. The number of carbonyl (C=O) groups excluding carboxylic acids is 2. The highest BCUT2D eigenvalue weighted by atomic mass is 32.1. The van der Waals surface area contributed by atoms with Crippen molar-refractivity contribution in [3.63, 3.8) is 0 Å². The number of imide groups is 1. The Labute approximate surface area is 185 Å². The van der Waals surface area contributed by atoms with Gasteiger partial charge < -0.3 is 15.4 Å². The van der Waals surface area contributed by atoms with Crippen molar-refractivity contribution in [1.82, 2.24) is 0 Å². The minimum atomic E-state index is -0.158. The maximum atomic E-state index is 12.0. The molecular formula is C24H21N3O3S. The van der Waals surface area contributed by atoms with Crippen molar-refractivity contribution < 1.29 is 14.3 Å². The van der Waals surface area contributed by atoms with Crippen LogP contribution in [0.15, 0.2) is 78.9 Å². The molecule has 0 unspecified atom stereocenters. The lowest BCUT2D eigenvalue weighted by atomic mass is 10.1. The van der Waals surface area contributed by atoms with Crippen molar-refractivity contribution in [1.29, 1.82) is 0 Å². The molecule has 1 saturated heterocycles. The highest BCUT2D eigenvalue weighted by molar-refractivity contribution is 7.80. The predicted molar refractivity (Wildman–Crippen MR) is 126 cm³/mol. The van der Waals surface area contributed by atoms with E-state index >= 15 is 0 Å². The highest BCUT2D eigenvalue weighted by Gasteiger charge is 2.27. The molecule has 0 atom stereocenters. The van der Waals surface area contributed by atoms with Gasteiger partial charge in [0.15, 0.2) is 5.11 Å². The highest BCUT2D eigenvalue weighted by Crippen LogP contribution is 2.25. The number of carbonyl (C=O) groups is 2. The minimum absolute atomic E-state index is 0.158. The van der Waals surface area contributed by atoms with Crippen LogP contribution in [0.5, 0.6) is 11.5 Å². The molecule has 0 radical (unpaired) electrons. The molecule has 2 N–H and O–H groups in total. The summed E-state index contributed by atoms with van der Waals surface area (Å²) in [4.78, 5) is 25.3. The average molecular weight is 432 g/mol. The second kappa shape index (κ2) is 9.40. The molecule has 0 aliphatic carbocycles. The largest absolute Gasteiger partial charge is 0.457 e. The summed E-state index contributed by atoms with van der Waals surface area (Å²) < 4.78 is 5.78. The van der Waals surface area contributed by atoms with E-state index in [1.807, 2.05) is 54.6 Å². The molecule has 0 bridgehead atoms. The number of hydrogen-bond donors (Lipinski definition) is 2. The first-order valence-corrected chi connectivity index (χ1v) is 10.4. The zero-order chi connectivity index (χ0) is 21.6. The third-order valence-electron chi connectivity index (χ3n) is 4.75. The molecule has 1 aliphatic rings. The Morgan fingerprint density at radius 2 is 1.26 bits per heavy atom. The first kappa shape index (κ1) is 20.6. The van der Waals surface area contributed by atoms with E-state index in [0.717, 1.165) is 22.9 Å². The van der Waals surface area contributed by atoms with E-state index in [-0.39, 0.29) is 11.8 Å². The lowest BCUT2D eigenvalue weighted by Crippen LogP contribution is -2.40. The van der Waals surface area contributed by atoms with Crippen LogP contribution >= 0.6 is 12.2 Å². The summed E-state index contributed by atoms with van der Waals surface area (Å²) in [6.07, 6.45) is 1.41. The van der Waals surface area contributed by atoms with Gasteiger partial charge in [0.2, 0.25) is 11.8 Å². The third kappa shape index (κ3) is 5.26. The van der Waals surface area contributed by atoms with E-state index < -0.39 is 0 Å². The SMILES string of the molecule is O=C1CCCC(=O)N1c1ccc(NC(=S)Nc2ccc(Oc3ccccc3)cc2)cc1. The van der Waals surface area contributed by atoms with E-state index in [0.29, 0.717) is 30.1 Å². The van der Waals surface area contributed by atoms with Crippen LogP contribution in [0, 0.1) is 0 Å². The first-order chi connectivity index (χ1) is 15.1. The summed E-state index contributed by atoms with van der Waals surface area (Å²) in [7, 11) is 0. The van der Waals surface area contributed by atoms with Crippen molar-refractivity contribution >= 4 is 46.2 Å². The monoisotopic (exact) mass is 431 g/mol. The summed E-state index contributed by atoms with van der Waals surface area (Å²) in [6, 6.07) is 24.1. The van der Waals surface area contributed by atoms with Gasteiger partial charge in [-0.25, -0.2) is 0 Å². The molecule has 2 amide bonds. The number of para-hydroxylation sites is 1. The fraction of sp³-hybridized carbons (Fsp3) is 0.125. The quantitative estimate of drug-likeness (QED) is 0.420. The second-order valence-electron chi connectivity index (χ2n) is 7.04. The fourth-order valence-electron chi connectivity index (χ4n) is 3.26. The zero-order valence-electron chi connectivity index (χ0n) is 16.7. The summed E-state index contributed by atoms with van der Waals surface area (Å²) in [6.45, 7) is 0. The molecule has 1 fully saturated rings. The van der Waals surface area contributed by atoms with Gasteiger partial charge in [-0.1, -0.05) is 18.2 Å². The van der Waals surface area contributed by atoms with E-state index in [9.17, 15) is 9.59 Å². The number of ether oxygens (including phenoxy) is 1. The van der Waals surface area contributed by atoms with Gasteiger partial charge in [-0.3, -0.25) is 14.5 Å². The Morgan fingerprint density at radius 3 is 1.84 bits per heavy atom. The second-order valence-corrected chi connectivity index (χ2v) is 7.45. The Bertz CT molecular complexity index is 1070. The smallest absolute Gasteiger partial charge is 0.233 e. The molecule has 156 valence electrons. The number of benzene rings is 3. The molecule has 7 heteroatoms. The van der Waals surface area contributed by atoms with Crippen LogP contribution in [0.2, 0.25) is 0 Å². The number of nitrogens with one attached hydrogen (secondary N) is 2. The van der Waals surface area contributed by atoms with Gasteiger partial charge in [0.1, 0.15) is 11.5 Å². The molecule has 3 aromatic rings. The Balaban J connectivity index is 1.33. The number of nitrogens with zero attached hydrogens (tertiary/aromatic N) is 1. The molecule has 31 heavy (non-hydrogen) atoms. The summed E-state index contributed by atoms with van der Waals surface area (Å²) >= 11 is 5.38. The van der Waals surface area contributed by atoms with Crippen molar-refractivity contribution in [2.75, 3.05) is 15.5 Å². The lowest BCUT2D eigenvalue weighted by molar-refractivity contribution is -0.129. The molecule has 0 aromatic heterocycles. The van der Waals surface area contributed by atoms with Crippen LogP contribution < -0.4 is 20.3 Å². The molecule has 3 aromatic carbocycles. The predicted octanol–water partition coefficient (Wildman–Crippen LogP) is 5.33. The van der Waals surface area contributed by atoms with Crippen molar-refractivity contribution in [3.05, 3.63) is 78.9 Å². The molecule has 6 nitrogen and oxygen atoms in total. The number of hydrogen-bond acceptors (Lipinski definition) is 4. The molecule has 4 rings (SSSR count). The van der Waals surface area contributed by atoms with Gasteiger partial charge in [-0.15, -0.1) is 0 Å². The molecule has 0 spiro atoms. The minimum Gasteiger partial charge on any atom is -0.457 e. The van der Waals surface area contributed by atoms with E-state index in [1.165, 1.54) is 4.90 Å². The van der Waals surface area contributed by atoms with E-state index in [2.05, 4.69) is 10.6 Å². The van der Waals surface area contributed by atoms with Gasteiger partial charge in [-0.05, 0) is 79.3 Å². The summed E-state index contributed by atoms with van der Waals surface area (Å²) in [5.74, 6) is 1.19. The van der Waals surface area contributed by atoms with Gasteiger partial charge in [0.05, 0.1) is 5.69 Å². The van der Waals surface area contributed by atoms with Crippen LogP contribution in [-0.4, -0.2) is 16.9 Å². The van der Waals surface area contributed by atoms with Crippen molar-refractivity contribution in [2.45, 2.75) is 19.3 Å². The first-order valence-electron chi connectivity index (χ1n) is 9.95.